The van der Waals surface area contributed by atoms with Crippen LogP contribution in [0.2, 0.25) is 0 Å². The zero-order chi connectivity index (χ0) is 12.4. The standard InChI is InChI=1S/C13H17BrN2O/c1-8-6-9-12(14)10(4-5-15-2)16-13(9)11(7-8)17-3/h6-7,15-16H,4-5H2,1-3H3. The molecule has 0 fully saturated rings. The van der Waals surface area contributed by atoms with Crippen molar-refractivity contribution in [3.8, 4) is 5.75 Å². The van der Waals surface area contributed by atoms with Gasteiger partial charge in [0.2, 0.25) is 0 Å². The third-order valence-corrected chi connectivity index (χ3v) is 3.77. The minimum Gasteiger partial charge on any atom is -0.495 e. The van der Waals surface area contributed by atoms with Crippen molar-refractivity contribution in [2.45, 2.75) is 13.3 Å². The summed E-state index contributed by atoms with van der Waals surface area (Å²) in [4.78, 5) is 3.43. The summed E-state index contributed by atoms with van der Waals surface area (Å²) in [7, 11) is 3.66. The third kappa shape index (κ3) is 2.33. The second-order valence-corrected chi connectivity index (χ2v) is 4.95. The first-order valence-corrected chi connectivity index (χ1v) is 6.46. The molecule has 0 aliphatic heterocycles. The molecule has 0 aliphatic rings. The van der Waals surface area contributed by atoms with Crippen LogP contribution in [0, 0.1) is 6.92 Å². The van der Waals surface area contributed by atoms with E-state index in [4.69, 9.17) is 4.74 Å². The van der Waals surface area contributed by atoms with E-state index in [1.807, 2.05) is 13.1 Å². The number of hydrogen-bond acceptors (Lipinski definition) is 2. The molecule has 2 rings (SSSR count). The molecular weight excluding hydrogens is 280 g/mol. The Hall–Kier alpha value is -1.00. The highest BCUT2D eigenvalue weighted by Crippen LogP contribution is 2.34. The summed E-state index contributed by atoms with van der Waals surface area (Å²) in [6.07, 6.45) is 0.966. The zero-order valence-corrected chi connectivity index (χ0v) is 11.9. The van der Waals surface area contributed by atoms with E-state index in [1.165, 1.54) is 16.6 Å². The number of aryl methyl sites for hydroxylation is 1. The molecule has 3 nitrogen and oxygen atoms in total. The van der Waals surface area contributed by atoms with Crippen LogP contribution in [-0.4, -0.2) is 25.7 Å². The number of halogens is 1. The van der Waals surface area contributed by atoms with Crippen LogP contribution in [0.3, 0.4) is 0 Å². The first-order chi connectivity index (χ1) is 8.17. The van der Waals surface area contributed by atoms with Crippen LogP contribution in [0.25, 0.3) is 10.9 Å². The van der Waals surface area contributed by atoms with Crippen LogP contribution in [0.1, 0.15) is 11.3 Å². The quantitative estimate of drug-likeness (QED) is 0.910. The lowest BCUT2D eigenvalue weighted by molar-refractivity contribution is 0.418. The van der Waals surface area contributed by atoms with Crippen molar-refractivity contribution in [2.24, 2.45) is 0 Å². The molecule has 0 saturated carbocycles. The van der Waals surface area contributed by atoms with Gasteiger partial charge < -0.3 is 15.0 Å². The summed E-state index contributed by atoms with van der Waals surface area (Å²) in [5, 5.41) is 4.34. The number of rotatable bonds is 4. The predicted octanol–water partition coefficient (Wildman–Crippen LogP) is 3.01. The van der Waals surface area contributed by atoms with Crippen molar-refractivity contribution < 1.29 is 4.74 Å². The molecule has 0 bridgehead atoms. The van der Waals surface area contributed by atoms with Gasteiger partial charge in [0.25, 0.3) is 0 Å². The summed E-state index contributed by atoms with van der Waals surface area (Å²) in [5.41, 5.74) is 3.48. The monoisotopic (exact) mass is 296 g/mol. The zero-order valence-electron chi connectivity index (χ0n) is 10.4. The molecule has 1 aromatic heterocycles. The van der Waals surface area contributed by atoms with Gasteiger partial charge in [0.05, 0.1) is 12.6 Å². The molecule has 0 saturated heterocycles. The maximum atomic E-state index is 5.41. The Morgan fingerprint density at radius 1 is 1.41 bits per heavy atom. The fourth-order valence-corrected chi connectivity index (χ4v) is 2.62. The van der Waals surface area contributed by atoms with Gasteiger partial charge >= 0.3 is 0 Å². The number of H-pyrrole nitrogens is 1. The van der Waals surface area contributed by atoms with E-state index < -0.39 is 0 Å². The van der Waals surface area contributed by atoms with Crippen molar-refractivity contribution in [1.29, 1.82) is 0 Å². The maximum Gasteiger partial charge on any atom is 0.143 e. The van der Waals surface area contributed by atoms with Gasteiger partial charge in [0.1, 0.15) is 5.75 Å². The van der Waals surface area contributed by atoms with Crippen LogP contribution in [0.5, 0.6) is 5.75 Å². The van der Waals surface area contributed by atoms with Crippen molar-refractivity contribution in [3.63, 3.8) is 0 Å². The van der Waals surface area contributed by atoms with Gasteiger partial charge in [-0.05, 0) is 47.6 Å². The molecule has 2 aromatic rings. The summed E-state index contributed by atoms with van der Waals surface area (Å²) in [6, 6.07) is 4.22. The molecule has 4 heteroatoms. The van der Waals surface area contributed by atoms with Crippen LogP contribution in [0.4, 0.5) is 0 Å². The molecule has 0 amide bonds. The van der Waals surface area contributed by atoms with Gasteiger partial charge in [-0.3, -0.25) is 0 Å². The smallest absolute Gasteiger partial charge is 0.143 e. The number of aromatic amines is 1. The summed E-state index contributed by atoms with van der Waals surface area (Å²) in [5.74, 6) is 0.899. The van der Waals surface area contributed by atoms with Crippen LogP contribution in [0.15, 0.2) is 16.6 Å². The summed E-state index contributed by atoms with van der Waals surface area (Å²) >= 11 is 3.66. The number of methoxy groups -OCH3 is 1. The van der Waals surface area contributed by atoms with Crippen molar-refractivity contribution in [3.05, 3.63) is 27.9 Å². The largest absolute Gasteiger partial charge is 0.495 e. The molecule has 92 valence electrons. The van der Waals surface area contributed by atoms with Gasteiger partial charge in [-0.2, -0.15) is 0 Å². The van der Waals surface area contributed by atoms with E-state index in [1.54, 1.807) is 7.11 Å². The molecule has 0 atom stereocenters. The molecule has 2 N–H and O–H groups in total. The lowest BCUT2D eigenvalue weighted by Crippen LogP contribution is -2.10. The first kappa shape index (κ1) is 12.5. The van der Waals surface area contributed by atoms with E-state index in [0.717, 1.165) is 28.7 Å². The Labute approximate surface area is 110 Å². The topological polar surface area (TPSA) is 37.0 Å². The van der Waals surface area contributed by atoms with Crippen LogP contribution < -0.4 is 10.1 Å². The fourth-order valence-electron chi connectivity index (χ4n) is 2.01. The SMILES string of the molecule is CNCCc1[nH]c2c(OC)cc(C)cc2c1Br. The molecular formula is C13H17BrN2O. The highest BCUT2D eigenvalue weighted by atomic mass is 79.9. The highest BCUT2D eigenvalue weighted by molar-refractivity contribution is 9.10. The van der Waals surface area contributed by atoms with Gasteiger partial charge in [0.15, 0.2) is 0 Å². The van der Waals surface area contributed by atoms with Gasteiger partial charge in [-0.15, -0.1) is 0 Å². The molecule has 1 heterocycles. The Morgan fingerprint density at radius 2 is 2.18 bits per heavy atom. The number of benzene rings is 1. The lowest BCUT2D eigenvalue weighted by Gasteiger charge is -2.03. The normalized spacial score (nSPS) is 11.1. The Kier molecular flexibility index (Phi) is 3.74. The first-order valence-electron chi connectivity index (χ1n) is 5.66. The number of nitrogens with one attached hydrogen (secondary N) is 2. The van der Waals surface area contributed by atoms with Gasteiger partial charge in [0, 0.05) is 28.5 Å². The average Bonchev–Trinajstić information content (AvgIpc) is 2.63. The minimum atomic E-state index is 0.899. The second-order valence-electron chi connectivity index (χ2n) is 4.16. The molecule has 17 heavy (non-hydrogen) atoms. The van der Waals surface area contributed by atoms with Crippen molar-refractivity contribution in [2.75, 3.05) is 20.7 Å². The van der Waals surface area contributed by atoms with Crippen molar-refractivity contribution >= 4 is 26.8 Å². The summed E-state index contributed by atoms with van der Waals surface area (Å²) < 4.78 is 6.56. The third-order valence-electron chi connectivity index (χ3n) is 2.87. The number of ether oxygens (including phenoxy) is 1. The minimum absolute atomic E-state index is 0.899. The predicted molar refractivity (Wildman–Crippen MR) is 74.9 cm³/mol. The summed E-state index contributed by atoms with van der Waals surface area (Å²) in [6.45, 7) is 3.03. The molecule has 1 aromatic carbocycles. The van der Waals surface area contributed by atoms with Gasteiger partial charge in [-0.25, -0.2) is 0 Å². The van der Waals surface area contributed by atoms with E-state index >= 15 is 0 Å². The molecule has 0 aliphatic carbocycles. The van der Waals surface area contributed by atoms with Crippen LogP contribution >= 0.6 is 15.9 Å². The highest BCUT2D eigenvalue weighted by Gasteiger charge is 2.12. The molecule has 0 spiro atoms. The maximum absolute atomic E-state index is 5.41. The number of fused-ring (bicyclic) bond motifs is 1. The van der Waals surface area contributed by atoms with Gasteiger partial charge in [-0.1, -0.05) is 0 Å². The molecule has 0 unspecified atom stereocenters. The van der Waals surface area contributed by atoms with Crippen molar-refractivity contribution in [1.82, 2.24) is 10.3 Å². The van der Waals surface area contributed by atoms with E-state index in [0.29, 0.717) is 0 Å². The van der Waals surface area contributed by atoms with E-state index in [2.05, 4.69) is 39.2 Å². The van der Waals surface area contributed by atoms with E-state index in [-0.39, 0.29) is 0 Å². The number of hydrogen-bond donors (Lipinski definition) is 2. The Morgan fingerprint density at radius 3 is 2.82 bits per heavy atom. The Balaban J connectivity index is 2.56. The number of likely N-dealkylation sites (N-methyl/N-ethyl adjacent to an activating group) is 1. The van der Waals surface area contributed by atoms with Crippen LogP contribution in [-0.2, 0) is 6.42 Å². The average molecular weight is 297 g/mol. The Bertz CT molecular complexity index is 534. The molecule has 0 radical (unpaired) electrons. The fraction of sp³-hybridized carbons (Fsp3) is 0.385. The second kappa shape index (κ2) is 5.10. The van der Waals surface area contributed by atoms with E-state index in [9.17, 15) is 0 Å². The number of aromatic nitrogens is 1. The lowest BCUT2D eigenvalue weighted by atomic mass is 10.1.